The number of aromatic amines is 1. The summed E-state index contributed by atoms with van der Waals surface area (Å²) in [6.45, 7) is 0.735. The fraction of sp³-hybridized carbons (Fsp3) is 0.250. The molecule has 1 aromatic carbocycles. The Kier molecular flexibility index (Phi) is 4.89. The zero-order valence-corrected chi connectivity index (χ0v) is 16.3. The van der Waals surface area contributed by atoms with Gasteiger partial charge in [-0.2, -0.15) is 0 Å². The Morgan fingerprint density at radius 1 is 1.31 bits per heavy atom. The number of carbonyl (C=O) groups is 1. The van der Waals surface area contributed by atoms with Gasteiger partial charge in [-0.3, -0.25) is 4.79 Å². The molecule has 3 aromatic heterocycles. The van der Waals surface area contributed by atoms with E-state index in [-0.39, 0.29) is 11.5 Å². The normalized spacial score (nSPS) is 11.3. The van der Waals surface area contributed by atoms with E-state index in [0.29, 0.717) is 35.9 Å². The van der Waals surface area contributed by atoms with E-state index in [1.807, 2.05) is 17.7 Å². The molecule has 4 rings (SSSR count). The van der Waals surface area contributed by atoms with Gasteiger partial charge in [0.2, 0.25) is 0 Å². The highest BCUT2D eigenvalue weighted by molar-refractivity contribution is 6.07. The van der Waals surface area contributed by atoms with Crippen LogP contribution in [0.3, 0.4) is 0 Å². The van der Waals surface area contributed by atoms with E-state index in [0.717, 1.165) is 16.4 Å². The number of fused-ring (bicyclic) bond motifs is 3. The number of amides is 1. The lowest BCUT2D eigenvalue weighted by Crippen LogP contribution is -2.27. The van der Waals surface area contributed by atoms with Crippen molar-refractivity contribution in [3.63, 3.8) is 0 Å². The molecule has 0 spiro atoms. The second kappa shape index (κ2) is 7.51. The van der Waals surface area contributed by atoms with Crippen LogP contribution in [-0.4, -0.2) is 52.7 Å². The molecule has 0 aliphatic rings. The highest BCUT2D eigenvalue weighted by Crippen LogP contribution is 2.32. The Labute approximate surface area is 166 Å². The summed E-state index contributed by atoms with van der Waals surface area (Å²) in [7, 11) is 5.24. The van der Waals surface area contributed by atoms with E-state index >= 15 is 0 Å². The summed E-state index contributed by atoms with van der Waals surface area (Å²) in [5, 5.41) is 6.62. The average Bonchev–Trinajstić information content (AvgIpc) is 3.30. The topological polar surface area (TPSA) is 96.9 Å². The number of nitrogens with zero attached hydrogens (tertiary/aromatic N) is 3. The van der Waals surface area contributed by atoms with Crippen LogP contribution in [0.2, 0.25) is 0 Å². The van der Waals surface area contributed by atoms with Crippen LogP contribution >= 0.6 is 0 Å². The number of methoxy groups -OCH3 is 1. The first-order valence-corrected chi connectivity index (χ1v) is 9.11. The predicted octanol–water partition coefficient (Wildman–Crippen LogP) is 2.67. The zero-order valence-electron chi connectivity index (χ0n) is 16.3. The molecule has 4 aromatic rings. The number of ether oxygens (including phenoxy) is 1. The van der Waals surface area contributed by atoms with Gasteiger partial charge in [0.15, 0.2) is 5.82 Å². The summed E-state index contributed by atoms with van der Waals surface area (Å²) in [5.74, 6) is -0.199. The number of carbonyl (C=O) groups excluding carboxylic acids is 1. The highest BCUT2D eigenvalue weighted by atomic mass is 19.1. The smallest absolute Gasteiger partial charge is 0.251 e. The van der Waals surface area contributed by atoms with Crippen molar-refractivity contribution in [1.82, 2.24) is 24.8 Å². The molecular weight excluding hydrogens is 375 g/mol. The maximum Gasteiger partial charge on any atom is 0.251 e. The zero-order chi connectivity index (χ0) is 20.5. The van der Waals surface area contributed by atoms with Gasteiger partial charge >= 0.3 is 0 Å². The Bertz CT molecular complexity index is 1210. The first-order chi connectivity index (χ1) is 14.0. The molecule has 3 N–H and O–H groups in total. The number of pyridine rings is 1. The van der Waals surface area contributed by atoms with Gasteiger partial charge in [0.05, 0.1) is 18.5 Å². The van der Waals surface area contributed by atoms with Gasteiger partial charge in [0.1, 0.15) is 17.0 Å². The number of aromatic nitrogens is 4. The van der Waals surface area contributed by atoms with Crippen LogP contribution in [0.4, 0.5) is 10.2 Å². The first kappa shape index (κ1) is 18.9. The van der Waals surface area contributed by atoms with Crippen LogP contribution in [0.15, 0.2) is 30.6 Å². The fourth-order valence-corrected chi connectivity index (χ4v) is 3.37. The molecule has 3 heterocycles. The number of nitrogens with one attached hydrogen (secondary N) is 3. The molecule has 0 bridgehead atoms. The third-order valence-electron chi connectivity index (χ3n) is 4.74. The van der Waals surface area contributed by atoms with Crippen molar-refractivity contribution in [2.45, 2.75) is 0 Å². The molecule has 0 aliphatic carbocycles. The largest absolute Gasteiger partial charge is 0.383 e. The molecular formula is C20H21FN6O2. The van der Waals surface area contributed by atoms with Crippen molar-refractivity contribution >= 4 is 33.8 Å². The third-order valence-corrected chi connectivity index (χ3v) is 4.74. The number of anilines is 1. The summed E-state index contributed by atoms with van der Waals surface area (Å²) in [6.07, 6.45) is 1.73. The van der Waals surface area contributed by atoms with Crippen LogP contribution < -0.4 is 10.6 Å². The molecule has 9 heteroatoms. The third kappa shape index (κ3) is 3.40. The Morgan fingerprint density at radius 3 is 2.90 bits per heavy atom. The van der Waals surface area contributed by atoms with Gasteiger partial charge in [0, 0.05) is 50.0 Å². The molecule has 1 amide bonds. The summed E-state index contributed by atoms with van der Waals surface area (Å²) < 4.78 is 21.1. The van der Waals surface area contributed by atoms with E-state index in [1.165, 1.54) is 12.1 Å². The van der Waals surface area contributed by atoms with Crippen molar-refractivity contribution in [1.29, 1.82) is 0 Å². The van der Waals surface area contributed by atoms with Gasteiger partial charge in [-0.1, -0.05) is 0 Å². The van der Waals surface area contributed by atoms with Crippen LogP contribution in [0.5, 0.6) is 0 Å². The highest BCUT2D eigenvalue weighted by Gasteiger charge is 2.16. The van der Waals surface area contributed by atoms with Crippen LogP contribution in [-0.2, 0) is 11.8 Å². The molecule has 0 fully saturated rings. The van der Waals surface area contributed by atoms with Crippen molar-refractivity contribution in [3.05, 3.63) is 42.0 Å². The lowest BCUT2D eigenvalue weighted by molar-refractivity contribution is 0.0936. The van der Waals surface area contributed by atoms with Gasteiger partial charge < -0.3 is 24.9 Å². The second-order valence-electron chi connectivity index (χ2n) is 6.69. The van der Waals surface area contributed by atoms with Crippen molar-refractivity contribution in [2.24, 2.45) is 7.05 Å². The van der Waals surface area contributed by atoms with E-state index in [1.54, 1.807) is 26.6 Å². The minimum Gasteiger partial charge on any atom is -0.383 e. The Morgan fingerprint density at radius 2 is 2.14 bits per heavy atom. The number of aryl methyl sites for hydroxylation is 1. The lowest BCUT2D eigenvalue weighted by atomic mass is 10.1. The molecule has 8 nitrogen and oxygen atoms in total. The molecule has 0 saturated heterocycles. The van der Waals surface area contributed by atoms with E-state index < -0.39 is 5.82 Å². The summed E-state index contributed by atoms with van der Waals surface area (Å²) in [5.41, 5.74) is 3.77. The predicted molar refractivity (Wildman–Crippen MR) is 110 cm³/mol. The summed E-state index contributed by atoms with van der Waals surface area (Å²) in [4.78, 5) is 24.5. The van der Waals surface area contributed by atoms with Crippen LogP contribution in [0.1, 0.15) is 10.4 Å². The molecule has 0 atom stereocenters. The van der Waals surface area contributed by atoms with Gasteiger partial charge in [-0.25, -0.2) is 14.4 Å². The maximum atomic E-state index is 14.2. The number of hydrogen-bond donors (Lipinski definition) is 3. The standard InChI is InChI=1S/C20H21FN6O2/c1-22-19-16-17(27(2)10-24-16)14-9-15(25-18(14)26-19)11-6-12(8-13(21)7-11)20(28)23-4-5-29-3/h6-10H,4-5H2,1-3H3,(H,23,28)(H2,22,25,26). The fourth-order valence-electron chi connectivity index (χ4n) is 3.37. The monoisotopic (exact) mass is 396 g/mol. The van der Waals surface area contributed by atoms with E-state index in [9.17, 15) is 9.18 Å². The quantitative estimate of drug-likeness (QED) is 0.436. The van der Waals surface area contributed by atoms with Crippen LogP contribution in [0, 0.1) is 5.82 Å². The molecule has 0 saturated carbocycles. The van der Waals surface area contributed by atoms with Crippen molar-refractivity contribution in [3.8, 4) is 11.3 Å². The average molecular weight is 396 g/mol. The van der Waals surface area contributed by atoms with E-state index in [2.05, 4.69) is 25.6 Å². The molecule has 0 unspecified atom stereocenters. The summed E-state index contributed by atoms with van der Waals surface area (Å²) >= 11 is 0. The van der Waals surface area contributed by atoms with E-state index in [4.69, 9.17) is 4.74 Å². The van der Waals surface area contributed by atoms with Crippen molar-refractivity contribution < 1.29 is 13.9 Å². The summed E-state index contributed by atoms with van der Waals surface area (Å²) in [6, 6.07) is 6.14. The molecule has 150 valence electrons. The Balaban J connectivity index is 1.80. The number of benzene rings is 1. The number of imidazole rings is 1. The maximum absolute atomic E-state index is 14.2. The molecule has 29 heavy (non-hydrogen) atoms. The van der Waals surface area contributed by atoms with Gasteiger partial charge in [0.25, 0.3) is 5.91 Å². The molecule has 0 radical (unpaired) electrons. The first-order valence-electron chi connectivity index (χ1n) is 9.11. The Hall–Kier alpha value is -3.46. The van der Waals surface area contributed by atoms with Gasteiger partial charge in [-0.15, -0.1) is 0 Å². The van der Waals surface area contributed by atoms with Crippen molar-refractivity contribution in [2.75, 3.05) is 32.6 Å². The molecule has 0 aliphatic heterocycles. The van der Waals surface area contributed by atoms with Gasteiger partial charge in [-0.05, 0) is 24.3 Å². The minimum absolute atomic E-state index is 0.240. The number of H-pyrrole nitrogens is 1. The van der Waals surface area contributed by atoms with Crippen LogP contribution in [0.25, 0.3) is 33.3 Å². The SMILES string of the molecule is CNc1nc2[nH]c(-c3cc(F)cc(C(=O)NCCOC)c3)cc2c2c1ncn2C. The minimum atomic E-state index is -0.493. The number of hydrogen-bond acceptors (Lipinski definition) is 5. The number of halogens is 1. The lowest BCUT2D eigenvalue weighted by Gasteiger charge is -2.07. The second-order valence-corrected chi connectivity index (χ2v) is 6.69. The number of rotatable bonds is 6.